The Morgan fingerprint density at radius 2 is 1.23 bits per heavy atom. The number of aromatic amines is 3. The van der Waals surface area contributed by atoms with Crippen molar-refractivity contribution < 1.29 is 33.4 Å². The maximum absolute atomic E-state index is 13.8. The lowest BCUT2D eigenvalue weighted by Gasteiger charge is -2.35. The van der Waals surface area contributed by atoms with E-state index >= 15 is 0 Å². The minimum absolute atomic E-state index is 0.120. The van der Waals surface area contributed by atoms with Crippen LogP contribution >= 0.6 is 0 Å². The monoisotopic (exact) mass is 887 g/mol. The van der Waals surface area contributed by atoms with Crippen molar-refractivity contribution in [3.8, 4) is 39.5 Å². The molecule has 3 aliphatic heterocycles. The van der Waals surface area contributed by atoms with Gasteiger partial charge in [-0.3, -0.25) is 9.59 Å². The highest BCUT2D eigenvalue weighted by atomic mass is 16.5. The molecule has 6 heterocycles. The molecule has 344 valence electrons. The minimum Gasteiger partial charge on any atom is -0.485 e. The number of imidazole rings is 2. The van der Waals surface area contributed by atoms with Crippen LogP contribution in [0.3, 0.4) is 0 Å². The molecule has 4 amide bonds. The first-order chi connectivity index (χ1) is 31.4. The Kier molecular flexibility index (Phi) is 12.3. The number of aromatic nitrogens is 5. The number of nitrogens with one attached hydrogen (secondary N) is 5. The largest absolute Gasteiger partial charge is 0.485 e. The fraction of sp³-hybridized carbons (Fsp3) is 0.510. The standard InChI is InChI=1S/C49H61N9O7/c1-26(2)40(55-48(61)63-5)46(59)57-20-10-14-36(57)44-50-24-34(53-44)29-17-19-33-32(22-29)39-42(52-33)31-18-16-30(23-38(31)65-43(39)28-12-8-7-9-13-28)35-25-51-45(54-35)37-15-11-21-58(37)47(60)41(27(3)4)56-49(62)64-6/h16-19,22-28,36-37,40-41,43,52H,7-15,20-21H2,1-6H3,(H,50,53)(H,51,54)(H,55,61)(H,56,62)/t36-,37-,40?,41?,43?/m0/s1. The van der Waals surface area contributed by atoms with Crippen LogP contribution in [0.1, 0.15) is 121 Å². The summed E-state index contributed by atoms with van der Waals surface area (Å²) in [6, 6.07) is 10.9. The molecule has 1 aliphatic carbocycles. The first-order valence-corrected chi connectivity index (χ1v) is 23.3. The van der Waals surface area contributed by atoms with Crippen LogP contribution in [-0.4, -0.2) is 98.1 Å². The molecule has 0 spiro atoms. The van der Waals surface area contributed by atoms with Crippen LogP contribution < -0.4 is 15.4 Å². The maximum atomic E-state index is 13.8. The summed E-state index contributed by atoms with van der Waals surface area (Å²) >= 11 is 0. The first-order valence-electron chi connectivity index (χ1n) is 23.3. The third-order valence-corrected chi connectivity index (χ3v) is 14.0. The average molecular weight is 888 g/mol. The van der Waals surface area contributed by atoms with E-state index in [0.717, 1.165) is 94.8 Å². The summed E-state index contributed by atoms with van der Waals surface area (Å²) in [4.78, 5) is 76.0. The van der Waals surface area contributed by atoms with E-state index in [1.165, 1.54) is 39.0 Å². The molecular formula is C49H61N9O7. The fourth-order valence-corrected chi connectivity index (χ4v) is 10.5. The molecule has 0 radical (unpaired) electrons. The molecule has 16 heteroatoms. The van der Waals surface area contributed by atoms with E-state index in [1.807, 2.05) is 49.9 Å². The molecule has 9 rings (SSSR count). The van der Waals surface area contributed by atoms with Crippen molar-refractivity contribution in [1.82, 2.24) is 45.4 Å². The number of amides is 4. The summed E-state index contributed by atoms with van der Waals surface area (Å²) in [5.74, 6) is 2.08. The minimum atomic E-state index is -0.707. The van der Waals surface area contributed by atoms with E-state index in [4.69, 9.17) is 24.2 Å². The lowest BCUT2D eigenvalue weighted by atomic mass is 9.80. The van der Waals surface area contributed by atoms with Gasteiger partial charge in [0.2, 0.25) is 11.8 Å². The van der Waals surface area contributed by atoms with Gasteiger partial charge in [0.05, 0.1) is 55.8 Å². The van der Waals surface area contributed by atoms with E-state index in [2.05, 4.69) is 62.0 Å². The number of fused-ring (bicyclic) bond motifs is 5. The van der Waals surface area contributed by atoms with Gasteiger partial charge in [-0.25, -0.2) is 19.6 Å². The Hall–Kier alpha value is -6.32. The SMILES string of the molecule is COC(=O)NC(C(=O)N1CCC[C@H]1c1ncc(-c2ccc3c(c2)OC(C2CCCCC2)c2c-3[nH]c3ccc(-c4cnc([C@@H]5CCCN5C(=O)C(NC(=O)OC)C(C)C)[nH]4)cc23)[nH]1)C(C)C. The summed E-state index contributed by atoms with van der Waals surface area (Å²) in [6.45, 7) is 8.81. The Bertz CT molecular complexity index is 2570. The number of nitrogens with zero attached hydrogens (tertiary/aromatic N) is 4. The molecule has 5 atom stereocenters. The van der Waals surface area contributed by atoms with Crippen molar-refractivity contribution in [2.24, 2.45) is 17.8 Å². The molecule has 3 unspecified atom stereocenters. The van der Waals surface area contributed by atoms with E-state index in [0.29, 0.717) is 24.8 Å². The summed E-state index contributed by atoms with van der Waals surface area (Å²) in [5.41, 5.74) is 7.89. The van der Waals surface area contributed by atoms with Gasteiger partial charge in [0.15, 0.2) is 0 Å². The Morgan fingerprint density at radius 3 is 1.77 bits per heavy atom. The van der Waals surface area contributed by atoms with Gasteiger partial charge in [-0.05, 0) is 74.6 Å². The molecule has 65 heavy (non-hydrogen) atoms. The smallest absolute Gasteiger partial charge is 0.407 e. The molecule has 4 aliphatic rings. The van der Waals surface area contributed by atoms with Gasteiger partial charge >= 0.3 is 12.2 Å². The summed E-state index contributed by atoms with van der Waals surface area (Å²) in [6.07, 6.45) is 11.2. The van der Waals surface area contributed by atoms with Gasteiger partial charge in [-0.2, -0.15) is 0 Å². The van der Waals surface area contributed by atoms with Gasteiger partial charge in [-0.1, -0.05) is 59.1 Å². The Balaban J connectivity index is 0.998. The number of hydrogen-bond acceptors (Lipinski definition) is 9. The molecule has 5 aromatic rings. The molecule has 1 saturated carbocycles. The molecule has 0 bridgehead atoms. The maximum Gasteiger partial charge on any atom is 0.407 e. The third kappa shape index (κ3) is 8.43. The van der Waals surface area contributed by atoms with Gasteiger partial charge in [0.1, 0.15) is 35.6 Å². The molecule has 16 nitrogen and oxygen atoms in total. The highest BCUT2D eigenvalue weighted by Crippen LogP contribution is 2.51. The van der Waals surface area contributed by atoms with Crippen molar-refractivity contribution >= 4 is 34.9 Å². The van der Waals surface area contributed by atoms with E-state index in [-0.39, 0.29) is 41.8 Å². The zero-order valence-corrected chi connectivity index (χ0v) is 38.2. The second-order valence-electron chi connectivity index (χ2n) is 18.8. The van der Waals surface area contributed by atoms with Crippen LogP contribution in [0.5, 0.6) is 5.75 Å². The van der Waals surface area contributed by atoms with Gasteiger partial charge in [0, 0.05) is 52.2 Å². The van der Waals surface area contributed by atoms with Crippen molar-refractivity contribution in [3.05, 3.63) is 66.0 Å². The number of hydrogen-bond donors (Lipinski definition) is 5. The fourth-order valence-electron chi connectivity index (χ4n) is 10.5. The average Bonchev–Trinajstić information content (AvgIpc) is 4.18. The molecular weight excluding hydrogens is 827 g/mol. The normalized spacial score (nSPS) is 20.6. The number of rotatable bonds is 11. The number of ether oxygens (including phenoxy) is 3. The van der Waals surface area contributed by atoms with Crippen LogP contribution in [0, 0.1) is 17.8 Å². The lowest BCUT2D eigenvalue weighted by molar-refractivity contribution is -0.136. The van der Waals surface area contributed by atoms with E-state index in [9.17, 15) is 19.2 Å². The summed E-state index contributed by atoms with van der Waals surface area (Å²) in [5, 5.41) is 6.57. The Labute approximate surface area is 379 Å². The highest BCUT2D eigenvalue weighted by Gasteiger charge is 2.40. The summed E-state index contributed by atoms with van der Waals surface area (Å²) < 4.78 is 16.8. The van der Waals surface area contributed by atoms with Crippen molar-refractivity contribution in [2.45, 2.75) is 116 Å². The summed E-state index contributed by atoms with van der Waals surface area (Å²) in [7, 11) is 2.60. The van der Waals surface area contributed by atoms with Crippen molar-refractivity contribution in [1.29, 1.82) is 0 Å². The number of methoxy groups -OCH3 is 2. The molecule has 3 aromatic heterocycles. The van der Waals surface area contributed by atoms with Gasteiger partial charge in [0.25, 0.3) is 0 Å². The quantitative estimate of drug-likeness (QED) is 0.0861. The third-order valence-electron chi connectivity index (χ3n) is 14.0. The van der Waals surface area contributed by atoms with Gasteiger partial charge in [-0.15, -0.1) is 0 Å². The topological polar surface area (TPSA) is 200 Å². The van der Waals surface area contributed by atoms with Crippen LogP contribution in [-0.2, 0) is 19.1 Å². The number of H-pyrrole nitrogens is 3. The zero-order valence-electron chi connectivity index (χ0n) is 38.2. The van der Waals surface area contributed by atoms with Crippen LogP contribution in [0.25, 0.3) is 44.7 Å². The van der Waals surface area contributed by atoms with Crippen LogP contribution in [0.2, 0.25) is 0 Å². The molecule has 2 aromatic carbocycles. The van der Waals surface area contributed by atoms with Crippen molar-refractivity contribution in [2.75, 3.05) is 27.3 Å². The van der Waals surface area contributed by atoms with Crippen LogP contribution in [0.4, 0.5) is 9.59 Å². The predicted molar refractivity (Wildman–Crippen MR) is 245 cm³/mol. The van der Waals surface area contributed by atoms with E-state index in [1.54, 1.807) is 0 Å². The van der Waals surface area contributed by atoms with Crippen LogP contribution in [0.15, 0.2) is 48.8 Å². The molecule has 3 fully saturated rings. The first kappa shape index (κ1) is 43.9. The number of carbonyl (C=O) groups excluding carboxylic acids is 4. The van der Waals surface area contributed by atoms with E-state index < -0.39 is 24.3 Å². The molecule has 2 saturated heterocycles. The Morgan fingerprint density at radius 1 is 0.692 bits per heavy atom. The van der Waals surface area contributed by atoms with Crippen molar-refractivity contribution in [3.63, 3.8) is 0 Å². The number of benzene rings is 2. The second-order valence-corrected chi connectivity index (χ2v) is 18.8. The number of carbonyl (C=O) groups is 4. The number of alkyl carbamates (subject to hydrolysis) is 2. The number of likely N-dealkylation sites (tertiary alicyclic amines) is 2. The zero-order chi connectivity index (χ0) is 45.5. The highest BCUT2D eigenvalue weighted by molar-refractivity contribution is 5.96. The molecule has 5 N–H and O–H groups in total. The predicted octanol–water partition coefficient (Wildman–Crippen LogP) is 8.72. The second kappa shape index (κ2) is 18.3. The van der Waals surface area contributed by atoms with Gasteiger partial charge < -0.3 is 49.6 Å². The lowest BCUT2D eigenvalue weighted by Crippen LogP contribution is -2.51.